The fraction of sp³-hybridized carbons (Fsp3) is 0.316. The van der Waals surface area contributed by atoms with Crippen LogP contribution in [0.3, 0.4) is 0 Å². The summed E-state index contributed by atoms with van der Waals surface area (Å²) in [5.41, 5.74) is 1.19. The van der Waals surface area contributed by atoms with E-state index >= 15 is 0 Å². The van der Waals surface area contributed by atoms with Crippen molar-refractivity contribution < 1.29 is 4.79 Å². The summed E-state index contributed by atoms with van der Waals surface area (Å²) in [5.74, 6) is -0.326. The molecule has 0 aliphatic carbocycles. The molecular formula is C19H22N4O3. The molecule has 1 aromatic heterocycles. The van der Waals surface area contributed by atoms with E-state index in [1.807, 2.05) is 24.3 Å². The molecule has 0 atom stereocenters. The molecule has 0 bridgehead atoms. The van der Waals surface area contributed by atoms with Crippen LogP contribution in [-0.4, -0.2) is 28.1 Å². The lowest BCUT2D eigenvalue weighted by atomic mass is 10.2. The van der Waals surface area contributed by atoms with E-state index in [9.17, 15) is 14.4 Å². The third kappa shape index (κ3) is 3.61. The van der Waals surface area contributed by atoms with Crippen molar-refractivity contribution in [3.8, 4) is 0 Å². The molecule has 2 heterocycles. The molecule has 7 nitrogen and oxygen atoms in total. The van der Waals surface area contributed by atoms with Gasteiger partial charge in [0.05, 0.1) is 16.9 Å². The van der Waals surface area contributed by atoms with Crippen LogP contribution >= 0.6 is 0 Å². The topological polar surface area (TPSA) is 76.3 Å². The van der Waals surface area contributed by atoms with Crippen LogP contribution in [0.5, 0.6) is 0 Å². The van der Waals surface area contributed by atoms with E-state index < -0.39 is 11.2 Å². The van der Waals surface area contributed by atoms with Gasteiger partial charge in [-0.3, -0.25) is 14.2 Å². The summed E-state index contributed by atoms with van der Waals surface area (Å²) < 4.78 is 2.32. The highest BCUT2D eigenvalue weighted by Crippen LogP contribution is 2.28. The average molecular weight is 354 g/mol. The van der Waals surface area contributed by atoms with E-state index in [1.165, 1.54) is 30.0 Å². The number of carbonyl (C=O) groups excluding carboxylic acids is 1. The van der Waals surface area contributed by atoms with Crippen molar-refractivity contribution in [1.29, 1.82) is 0 Å². The Morgan fingerprint density at radius 3 is 2.54 bits per heavy atom. The van der Waals surface area contributed by atoms with Crippen LogP contribution in [0, 0.1) is 0 Å². The zero-order valence-corrected chi connectivity index (χ0v) is 14.9. The van der Waals surface area contributed by atoms with E-state index in [2.05, 4.69) is 10.2 Å². The molecule has 0 unspecified atom stereocenters. The van der Waals surface area contributed by atoms with E-state index in [0.29, 0.717) is 0 Å². The first kappa shape index (κ1) is 17.7. The van der Waals surface area contributed by atoms with Gasteiger partial charge in [-0.1, -0.05) is 12.1 Å². The molecule has 3 rings (SSSR count). The van der Waals surface area contributed by atoms with Crippen molar-refractivity contribution in [3.05, 3.63) is 62.9 Å². The second kappa shape index (κ2) is 7.43. The summed E-state index contributed by atoms with van der Waals surface area (Å²) in [4.78, 5) is 38.4. The van der Waals surface area contributed by atoms with Crippen molar-refractivity contribution >= 4 is 23.4 Å². The van der Waals surface area contributed by atoms with Gasteiger partial charge in [-0.25, -0.2) is 4.79 Å². The minimum atomic E-state index is -0.436. The first-order valence-corrected chi connectivity index (χ1v) is 8.57. The van der Waals surface area contributed by atoms with Crippen LogP contribution in [0.1, 0.15) is 18.4 Å². The van der Waals surface area contributed by atoms with Gasteiger partial charge in [-0.15, -0.1) is 0 Å². The van der Waals surface area contributed by atoms with Crippen molar-refractivity contribution in [2.75, 3.05) is 23.3 Å². The lowest BCUT2D eigenvalue weighted by Crippen LogP contribution is -2.37. The van der Waals surface area contributed by atoms with Crippen LogP contribution in [0.2, 0.25) is 0 Å². The summed E-state index contributed by atoms with van der Waals surface area (Å²) in [6.07, 6.45) is 6.46. The Bertz CT molecular complexity index is 965. The van der Waals surface area contributed by atoms with Gasteiger partial charge < -0.3 is 14.8 Å². The Kier molecular flexibility index (Phi) is 5.06. The van der Waals surface area contributed by atoms with Crippen molar-refractivity contribution in [1.82, 2.24) is 9.13 Å². The maximum atomic E-state index is 12.3. The van der Waals surface area contributed by atoms with Gasteiger partial charge in [0.15, 0.2) is 0 Å². The Morgan fingerprint density at radius 1 is 1.12 bits per heavy atom. The predicted molar refractivity (Wildman–Crippen MR) is 102 cm³/mol. The van der Waals surface area contributed by atoms with Gasteiger partial charge in [0.1, 0.15) is 0 Å². The summed E-state index contributed by atoms with van der Waals surface area (Å²) in [6.45, 7) is 1.97. The molecule has 0 radical (unpaired) electrons. The number of hydrogen-bond donors (Lipinski definition) is 1. The fourth-order valence-corrected chi connectivity index (χ4v) is 3.10. The van der Waals surface area contributed by atoms with Gasteiger partial charge in [-0.2, -0.15) is 0 Å². The van der Waals surface area contributed by atoms with Gasteiger partial charge in [0.25, 0.3) is 5.56 Å². The molecule has 1 aliphatic heterocycles. The minimum absolute atomic E-state index is 0.276. The van der Waals surface area contributed by atoms with E-state index in [4.69, 9.17) is 0 Å². The standard InChI is InChI=1S/C19H22N4O3/c1-21-13-14(18(25)22(2)19(21)26)9-10-17(24)20-15-7-3-4-8-16(15)23-11-5-6-12-23/h3-4,7-10,13H,5-6,11-12H2,1-2H3,(H,20,24)/b10-9+. The smallest absolute Gasteiger partial charge is 0.330 e. The molecule has 26 heavy (non-hydrogen) atoms. The van der Waals surface area contributed by atoms with Crippen LogP contribution in [0.4, 0.5) is 11.4 Å². The first-order chi connectivity index (χ1) is 12.5. The quantitative estimate of drug-likeness (QED) is 0.841. The molecule has 1 N–H and O–H groups in total. The monoisotopic (exact) mass is 354 g/mol. The van der Waals surface area contributed by atoms with Crippen LogP contribution in [0.15, 0.2) is 46.1 Å². The largest absolute Gasteiger partial charge is 0.370 e. The van der Waals surface area contributed by atoms with Crippen LogP contribution < -0.4 is 21.5 Å². The lowest BCUT2D eigenvalue weighted by molar-refractivity contribution is -0.111. The Balaban J connectivity index is 1.79. The highest BCUT2D eigenvalue weighted by molar-refractivity contribution is 6.03. The summed E-state index contributed by atoms with van der Waals surface area (Å²) in [7, 11) is 2.97. The summed E-state index contributed by atoms with van der Waals surface area (Å²) >= 11 is 0. The van der Waals surface area contributed by atoms with Gasteiger partial charge in [0, 0.05) is 39.5 Å². The summed E-state index contributed by atoms with van der Waals surface area (Å²) in [5, 5.41) is 2.87. The molecule has 2 aromatic rings. The number of benzene rings is 1. The second-order valence-corrected chi connectivity index (χ2v) is 6.38. The molecule has 0 spiro atoms. The molecule has 1 aromatic carbocycles. The lowest BCUT2D eigenvalue weighted by Gasteiger charge is -2.21. The SMILES string of the molecule is Cn1cc(/C=C/C(=O)Nc2ccccc2N2CCCC2)c(=O)n(C)c1=O. The number of amides is 1. The van der Waals surface area contributed by atoms with E-state index in [1.54, 1.807) is 7.05 Å². The molecule has 1 fully saturated rings. The number of anilines is 2. The number of rotatable bonds is 4. The van der Waals surface area contributed by atoms with Crippen molar-refractivity contribution in [2.24, 2.45) is 14.1 Å². The second-order valence-electron chi connectivity index (χ2n) is 6.38. The van der Waals surface area contributed by atoms with E-state index in [0.717, 1.165) is 41.9 Å². The number of hydrogen-bond acceptors (Lipinski definition) is 4. The fourth-order valence-electron chi connectivity index (χ4n) is 3.10. The molecular weight excluding hydrogens is 332 g/mol. The Morgan fingerprint density at radius 2 is 1.81 bits per heavy atom. The minimum Gasteiger partial charge on any atom is -0.370 e. The number of para-hydroxylation sites is 2. The van der Waals surface area contributed by atoms with Gasteiger partial charge in [-0.05, 0) is 31.1 Å². The third-order valence-electron chi connectivity index (χ3n) is 4.50. The number of carbonyl (C=O) groups is 1. The van der Waals surface area contributed by atoms with Gasteiger partial charge in [0.2, 0.25) is 5.91 Å². The zero-order valence-electron chi connectivity index (χ0n) is 14.9. The zero-order chi connectivity index (χ0) is 18.7. The average Bonchev–Trinajstić information content (AvgIpc) is 3.17. The molecule has 1 saturated heterocycles. The predicted octanol–water partition coefficient (Wildman–Crippen LogP) is 1.34. The highest BCUT2D eigenvalue weighted by atomic mass is 16.2. The van der Waals surface area contributed by atoms with Gasteiger partial charge >= 0.3 is 5.69 Å². The van der Waals surface area contributed by atoms with Crippen molar-refractivity contribution in [3.63, 3.8) is 0 Å². The maximum absolute atomic E-state index is 12.3. The van der Waals surface area contributed by atoms with Crippen LogP contribution in [-0.2, 0) is 18.9 Å². The number of nitrogens with one attached hydrogen (secondary N) is 1. The van der Waals surface area contributed by atoms with Crippen LogP contribution in [0.25, 0.3) is 6.08 Å². The third-order valence-corrected chi connectivity index (χ3v) is 4.50. The Labute approximate surface area is 151 Å². The summed E-state index contributed by atoms with van der Waals surface area (Å²) in [6, 6.07) is 7.69. The number of aromatic nitrogens is 2. The molecule has 7 heteroatoms. The first-order valence-electron chi connectivity index (χ1n) is 8.57. The molecule has 1 aliphatic rings. The Hall–Kier alpha value is -3.09. The number of nitrogens with zero attached hydrogens (tertiary/aromatic N) is 3. The normalized spacial score (nSPS) is 14.2. The number of aryl methyl sites for hydroxylation is 1. The molecule has 0 saturated carbocycles. The molecule has 136 valence electrons. The molecule has 1 amide bonds. The van der Waals surface area contributed by atoms with Crippen molar-refractivity contribution in [2.45, 2.75) is 12.8 Å². The maximum Gasteiger partial charge on any atom is 0.330 e. The van der Waals surface area contributed by atoms with E-state index in [-0.39, 0.29) is 11.5 Å². The highest BCUT2D eigenvalue weighted by Gasteiger charge is 2.16.